The van der Waals surface area contributed by atoms with Gasteiger partial charge in [-0.05, 0) is 25.2 Å². The standard InChI is InChI=1S/C13H20N2O2/c1-3-15(4-2)9-10-17-12-8-6-5-7-11(12)13(14)16/h5-8H,3-4,9-10H2,1-2H3,(H2,14,16). The zero-order valence-electron chi connectivity index (χ0n) is 10.5. The third kappa shape index (κ3) is 4.07. The van der Waals surface area contributed by atoms with Gasteiger partial charge in [0.05, 0.1) is 5.56 Å². The maximum atomic E-state index is 11.2. The molecule has 2 N–H and O–H groups in total. The van der Waals surface area contributed by atoms with Crippen LogP contribution in [0.3, 0.4) is 0 Å². The van der Waals surface area contributed by atoms with Crippen molar-refractivity contribution < 1.29 is 9.53 Å². The summed E-state index contributed by atoms with van der Waals surface area (Å²) in [7, 11) is 0. The minimum atomic E-state index is -0.455. The second-order valence-electron chi connectivity index (χ2n) is 3.74. The van der Waals surface area contributed by atoms with Gasteiger partial charge in [0.25, 0.3) is 5.91 Å². The van der Waals surface area contributed by atoms with Crippen molar-refractivity contribution in [3.63, 3.8) is 0 Å². The minimum absolute atomic E-state index is 0.437. The van der Waals surface area contributed by atoms with Crippen molar-refractivity contribution in [1.29, 1.82) is 0 Å². The first kappa shape index (κ1) is 13.5. The van der Waals surface area contributed by atoms with E-state index in [1.165, 1.54) is 0 Å². The molecular weight excluding hydrogens is 216 g/mol. The fraction of sp³-hybridized carbons (Fsp3) is 0.462. The number of para-hydroxylation sites is 1. The van der Waals surface area contributed by atoms with Crippen molar-refractivity contribution >= 4 is 5.91 Å². The summed E-state index contributed by atoms with van der Waals surface area (Å²) in [4.78, 5) is 13.4. The summed E-state index contributed by atoms with van der Waals surface area (Å²) in [5.74, 6) is 0.107. The maximum absolute atomic E-state index is 11.2. The molecular formula is C13H20N2O2. The van der Waals surface area contributed by atoms with E-state index in [0.29, 0.717) is 17.9 Å². The van der Waals surface area contributed by atoms with Crippen LogP contribution in [-0.4, -0.2) is 37.0 Å². The third-order valence-electron chi connectivity index (χ3n) is 2.71. The Kier molecular flexibility index (Phi) is 5.49. The number of amides is 1. The topological polar surface area (TPSA) is 55.6 Å². The monoisotopic (exact) mass is 236 g/mol. The molecule has 0 aromatic heterocycles. The highest BCUT2D eigenvalue weighted by Gasteiger charge is 2.08. The van der Waals surface area contributed by atoms with Crippen molar-refractivity contribution in [3.8, 4) is 5.75 Å². The van der Waals surface area contributed by atoms with Gasteiger partial charge in [-0.1, -0.05) is 26.0 Å². The van der Waals surface area contributed by atoms with E-state index in [-0.39, 0.29) is 0 Å². The van der Waals surface area contributed by atoms with Gasteiger partial charge in [-0.3, -0.25) is 4.79 Å². The maximum Gasteiger partial charge on any atom is 0.252 e. The molecule has 1 amide bonds. The largest absolute Gasteiger partial charge is 0.491 e. The summed E-state index contributed by atoms with van der Waals surface area (Å²) in [5.41, 5.74) is 5.71. The number of nitrogens with two attached hydrogens (primary N) is 1. The third-order valence-corrected chi connectivity index (χ3v) is 2.71. The first-order valence-corrected chi connectivity index (χ1v) is 5.93. The number of carbonyl (C=O) groups is 1. The van der Waals surface area contributed by atoms with Gasteiger partial charge in [0.15, 0.2) is 0 Å². The highest BCUT2D eigenvalue weighted by molar-refractivity contribution is 5.95. The van der Waals surface area contributed by atoms with Gasteiger partial charge < -0.3 is 15.4 Å². The van der Waals surface area contributed by atoms with Gasteiger partial charge in [-0.2, -0.15) is 0 Å². The molecule has 0 bridgehead atoms. The van der Waals surface area contributed by atoms with E-state index >= 15 is 0 Å². The normalized spacial score (nSPS) is 10.5. The number of hydrogen-bond acceptors (Lipinski definition) is 3. The molecule has 0 fully saturated rings. The number of benzene rings is 1. The van der Waals surface area contributed by atoms with Crippen LogP contribution in [0.2, 0.25) is 0 Å². The Labute approximate surface area is 102 Å². The number of likely N-dealkylation sites (N-methyl/N-ethyl adjacent to an activating group) is 1. The van der Waals surface area contributed by atoms with Crippen LogP contribution in [0.5, 0.6) is 5.75 Å². The van der Waals surface area contributed by atoms with Gasteiger partial charge >= 0.3 is 0 Å². The molecule has 0 heterocycles. The molecule has 0 aliphatic rings. The van der Waals surface area contributed by atoms with Crippen LogP contribution in [-0.2, 0) is 0 Å². The molecule has 0 aliphatic carbocycles. The number of primary amides is 1. The Balaban J connectivity index is 2.54. The van der Waals surface area contributed by atoms with Crippen molar-refractivity contribution in [2.24, 2.45) is 5.73 Å². The van der Waals surface area contributed by atoms with Crippen LogP contribution in [0, 0.1) is 0 Å². The molecule has 94 valence electrons. The van der Waals surface area contributed by atoms with Crippen molar-refractivity contribution in [3.05, 3.63) is 29.8 Å². The molecule has 0 unspecified atom stereocenters. The molecule has 0 spiro atoms. The van der Waals surface area contributed by atoms with Crippen LogP contribution >= 0.6 is 0 Å². The summed E-state index contributed by atoms with van der Waals surface area (Å²) >= 11 is 0. The van der Waals surface area contributed by atoms with E-state index in [9.17, 15) is 4.79 Å². The van der Waals surface area contributed by atoms with Crippen LogP contribution in [0.25, 0.3) is 0 Å². The van der Waals surface area contributed by atoms with Gasteiger partial charge in [0.2, 0.25) is 0 Å². The van der Waals surface area contributed by atoms with Gasteiger partial charge in [-0.15, -0.1) is 0 Å². The zero-order valence-corrected chi connectivity index (χ0v) is 10.5. The fourth-order valence-corrected chi connectivity index (χ4v) is 1.62. The molecule has 1 aromatic carbocycles. The predicted octanol–water partition coefficient (Wildman–Crippen LogP) is 1.51. The Bertz CT molecular complexity index is 362. The lowest BCUT2D eigenvalue weighted by Crippen LogP contribution is -2.28. The second-order valence-corrected chi connectivity index (χ2v) is 3.74. The summed E-state index contributed by atoms with van der Waals surface area (Å²) in [6.07, 6.45) is 0. The van der Waals surface area contributed by atoms with Gasteiger partial charge in [0.1, 0.15) is 12.4 Å². The predicted molar refractivity (Wildman–Crippen MR) is 68.2 cm³/mol. The van der Waals surface area contributed by atoms with Crippen LogP contribution in [0.15, 0.2) is 24.3 Å². The molecule has 0 aliphatic heterocycles. The molecule has 1 rings (SSSR count). The number of ether oxygens (including phenoxy) is 1. The fourth-order valence-electron chi connectivity index (χ4n) is 1.62. The highest BCUT2D eigenvalue weighted by atomic mass is 16.5. The minimum Gasteiger partial charge on any atom is -0.491 e. The molecule has 0 saturated heterocycles. The molecule has 4 heteroatoms. The molecule has 1 aromatic rings. The second kappa shape index (κ2) is 6.91. The van der Waals surface area contributed by atoms with Crippen molar-refractivity contribution in [2.45, 2.75) is 13.8 Å². The molecule has 17 heavy (non-hydrogen) atoms. The smallest absolute Gasteiger partial charge is 0.252 e. The van der Waals surface area contributed by atoms with E-state index in [1.807, 2.05) is 6.07 Å². The van der Waals surface area contributed by atoms with Crippen LogP contribution in [0.1, 0.15) is 24.2 Å². The lowest BCUT2D eigenvalue weighted by molar-refractivity contribution is 0.0995. The van der Waals surface area contributed by atoms with E-state index in [4.69, 9.17) is 10.5 Å². The quantitative estimate of drug-likeness (QED) is 0.780. The Hall–Kier alpha value is -1.55. The molecule has 0 atom stereocenters. The van der Waals surface area contributed by atoms with Gasteiger partial charge in [0, 0.05) is 6.54 Å². The van der Waals surface area contributed by atoms with E-state index in [2.05, 4.69) is 18.7 Å². The molecule has 4 nitrogen and oxygen atoms in total. The Morgan fingerprint density at radius 3 is 2.53 bits per heavy atom. The summed E-state index contributed by atoms with van der Waals surface area (Å²) in [6, 6.07) is 7.05. The number of hydrogen-bond donors (Lipinski definition) is 1. The zero-order chi connectivity index (χ0) is 12.7. The summed E-state index contributed by atoms with van der Waals surface area (Å²) in [6.45, 7) is 7.63. The first-order valence-electron chi connectivity index (χ1n) is 5.93. The average Bonchev–Trinajstić information content (AvgIpc) is 2.35. The lowest BCUT2D eigenvalue weighted by atomic mass is 10.2. The van der Waals surface area contributed by atoms with E-state index in [1.54, 1.807) is 18.2 Å². The number of carbonyl (C=O) groups excluding carboxylic acids is 1. The highest BCUT2D eigenvalue weighted by Crippen LogP contribution is 2.16. The Morgan fingerprint density at radius 1 is 1.29 bits per heavy atom. The average molecular weight is 236 g/mol. The van der Waals surface area contributed by atoms with Crippen LogP contribution in [0.4, 0.5) is 0 Å². The summed E-state index contributed by atoms with van der Waals surface area (Å²) < 4.78 is 5.59. The van der Waals surface area contributed by atoms with Gasteiger partial charge in [-0.25, -0.2) is 0 Å². The number of nitrogens with zero attached hydrogens (tertiary/aromatic N) is 1. The van der Waals surface area contributed by atoms with Crippen molar-refractivity contribution in [2.75, 3.05) is 26.2 Å². The molecule has 0 radical (unpaired) electrons. The van der Waals surface area contributed by atoms with E-state index < -0.39 is 5.91 Å². The lowest BCUT2D eigenvalue weighted by Gasteiger charge is -2.18. The summed E-state index contributed by atoms with van der Waals surface area (Å²) in [5, 5.41) is 0. The number of rotatable bonds is 7. The Morgan fingerprint density at radius 2 is 1.94 bits per heavy atom. The SMILES string of the molecule is CCN(CC)CCOc1ccccc1C(N)=O. The van der Waals surface area contributed by atoms with Crippen molar-refractivity contribution in [1.82, 2.24) is 4.90 Å². The van der Waals surface area contributed by atoms with Crippen LogP contribution < -0.4 is 10.5 Å². The first-order chi connectivity index (χ1) is 8.19. The molecule has 0 saturated carbocycles. The van der Waals surface area contributed by atoms with E-state index in [0.717, 1.165) is 19.6 Å².